The van der Waals surface area contributed by atoms with Gasteiger partial charge in [-0.1, -0.05) is 48.5 Å². The van der Waals surface area contributed by atoms with Crippen LogP contribution in [-0.4, -0.2) is 9.13 Å². The Kier molecular flexibility index (Phi) is 10.1. The lowest BCUT2D eigenvalue weighted by Gasteiger charge is -2.25. The van der Waals surface area contributed by atoms with E-state index in [4.69, 9.17) is 0 Å². The zero-order valence-corrected chi connectivity index (χ0v) is 36.2. The zero-order valence-electron chi connectivity index (χ0n) is 36.2. The van der Waals surface area contributed by atoms with E-state index < -0.39 is 0 Å². The molecule has 0 bridgehead atoms. The van der Waals surface area contributed by atoms with E-state index in [1.165, 1.54) is 55.4 Å². The number of fused-ring (bicyclic) bond motifs is 2. The average molecular weight is 825 g/mol. The Labute approximate surface area is 374 Å². The quantitative estimate of drug-likeness (QED) is 0.145. The van der Waals surface area contributed by atoms with Crippen molar-refractivity contribution in [3.05, 3.63) is 228 Å². The van der Waals surface area contributed by atoms with E-state index in [1.807, 2.05) is 84.9 Å². The third-order valence-corrected chi connectivity index (χ3v) is 12.6. The first kappa shape index (κ1) is 39.5. The minimum absolute atomic E-state index is 0.637. The molecule has 0 aliphatic rings. The van der Waals surface area contributed by atoms with Crippen molar-refractivity contribution in [2.75, 3.05) is 9.80 Å². The second-order valence-electron chi connectivity index (χ2n) is 16.2. The Morgan fingerprint density at radius 3 is 1.00 bits per heavy atom. The van der Waals surface area contributed by atoms with Crippen LogP contribution in [0.15, 0.2) is 194 Å². The molecule has 0 radical (unpaired) electrons. The molecule has 64 heavy (non-hydrogen) atoms. The third-order valence-electron chi connectivity index (χ3n) is 12.6. The highest BCUT2D eigenvalue weighted by Gasteiger charge is 2.19. The van der Waals surface area contributed by atoms with E-state index in [9.17, 15) is 10.5 Å². The zero-order chi connectivity index (χ0) is 43.9. The van der Waals surface area contributed by atoms with E-state index in [-0.39, 0.29) is 0 Å². The molecule has 0 aliphatic carbocycles. The highest BCUT2D eigenvalue weighted by molar-refractivity contribution is 5.95. The number of nitriles is 2. The van der Waals surface area contributed by atoms with Gasteiger partial charge in [0.25, 0.3) is 0 Å². The molecule has 10 rings (SSSR count). The summed E-state index contributed by atoms with van der Waals surface area (Å²) in [6.07, 6.45) is 0. The Balaban J connectivity index is 0.963. The van der Waals surface area contributed by atoms with Gasteiger partial charge in [-0.2, -0.15) is 10.5 Å². The SMILES string of the molecule is Cc1c(C)n(-c2ccc(N(c3ccccc3)c3ccc(C#N)cc3)cc2)c2ccc(-c3ccc4c(c3)c(C)c(C)n4-c3ccc(N(c4ccccc4)c4ccc(C#N)cc4)cc3)cc12. The largest absolute Gasteiger partial charge is 0.314 e. The molecule has 0 amide bonds. The van der Waals surface area contributed by atoms with Crippen LogP contribution in [0, 0.1) is 50.4 Å². The molecule has 0 atom stereocenters. The van der Waals surface area contributed by atoms with Crippen LogP contribution >= 0.6 is 0 Å². The number of hydrogen-bond acceptors (Lipinski definition) is 4. The highest BCUT2D eigenvalue weighted by Crippen LogP contribution is 2.40. The number of rotatable bonds is 9. The fraction of sp³-hybridized carbons (Fsp3) is 0.0690. The summed E-state index contributed by atoms with van der Waals surface area (Å²) in [7, 11) is 0. The molecular formula is C58H44N6. The number of para-hydroxylation sites is 2. The third kappa shape index (κ3) is 6.94. The maximum atomic E-state index is 9.41. The van der Waals surface area contributed by atoms with Crippen molar-refractivity contribution in [3.8, 4) is 34.6 Å². The van der Waals surface area contributed by atoms with Crippen molar-refractivity contribution in [1.29, 1.82) is 10.5 Å². The molecule has 10 aromatic rings. The first-order valence-corrected chi connectivity index (χ1v) is 21.5. The van der Waals surface area contributed by atoms with Gasteiger partial charge in [0.2, 0.25) is 0 Å². The van der Waals surface area contributed by atoms with Gasteiger partial charge in [-0.05, 0) is 196 Å². The van der Waals surface area contributed by atoms with Crippen LogP contribution in [0.1, 0.15) is 33.6 Å². The minimum atomic E-state index is 0.637. The topological polar surface area (TPSA) is 63.9 Å². The smallest absolute Gasteiger partial charge is 0.0991 e. The van der Waals surface area contributed by atoms with Crippen LogP contribution in [0.3, 0.4) is 0 Å². The van der Waals surface area contributed by atoms with Gasteiger partial charge in [-0.3, -0.25) is 0 Å². The number of aryl methyl sites for hydroxylation is 2. The highest BCUT2D eigenvalue weighted by atomic mass is 15.1. The van der Waals surface area contributed by atoms with Crippen molar-refractivity contribution < 1.29 is 0 Å². The summed E-state index contributed by atoms with van der Waals surface area (Å²) >= 11 is 0. The Morgan fingerprint density at radius 2 is 0.672 bits per heavy atom. The predicted molar refractivity (Wildman–Crippen MR) is 263 cm³/mol. The maximum absolute atomic E-state index is 9.41. The minimum Gasteiger partial charge on any atom is -0.314 e. The van der Waals surface area contributed by atoms with E-state index in [1.54, 1.807) is 0 Å². The van der Waals surface area contributed by atoms with Crippen LogP contribution in [0.4, 0.5) is 34.1 Å². The molecule has 0 saturated carbocycles. The number of anilines is 6. The Bertz CT molecular complexity index is 3170. The molecule has 2 aromatic heterocycles. The molecule has 0 N–H and O–H groups in total. The van der Waals surface area contributed by atoms with Gasteiger partial charge in [0.1, 0.15) is 0 Å². The summed E-state index contributed by atoms with van der Waals surface area (Å²) < 4.78 is 4.72. The molecule has 0 fully saturated rings. The van der Waals surface area contributed by atoms with Gasteiger partial charge in [-0.25, -0.2) is 0 Å². The Morgan fingerprint density at radius 1 is 0.359 bits per heavy atom. The Hall–Kier alpha value is -8.58. The molecular weight excluding hydrogens is 781 g/mol. The summed E-state index contributed by atoms with van der Waals surface area (Å²) in [6.45, 7) is 8.85. The average Bonchev–Trinajstić information content (AvgIpc) is 3.76. The lowest BCUT2D eigenvalue weighted by Crippen LogP contribution is -2.10. The molecule has 6 heteroatoms. The molecule has 6 nitrogen and oxygen atoms in total. The van der Waals surface area contributed by atoms with Crippen molar-refractivity contribution in [1.82, 2.24) is 9.13 Å². The second kappa shape index (κ2) is 16.4. The first-order chi connectivity index (χ1) is 31.3. The number of benzene rings is 8. The lowest BCUT2D eigenvalue weighted by atomic mass is 10.00. The molecule has 8 aromatic carbocycles. The van der Waals surface area contributed by atoms with Crippen molar-refractivity contribution in [2.45, 2.75) is 27.7 Å². The molecule has 0 unspecified atom stereocenters. The molecule has 2 heterocycles. The molecule has 0 aliphatic heterocycles. The van der Waals surface area contributed by atoms with Crippen LogP contribution in [0.25, 0.3) is 44.3 Å². The molecule has 0 spiro atoms. The van der Waals surface area contributed by atoms with Gasteiger partial charge in [0.05, 0.1) is 34.3 Å². The fourth-order valence-electron chi connectivity index (χ4n) is 9.09. The van der Waals surface area contributed by atoms with Crippen molar-refractivity contribution in [3.63, 3.8) is 0 Å². The number of nitrogens with zero attached hydrogens (tertiary/aromatic N) is 6. The van der Waals surface area contributed by atoms with Gasteiger partial charge in [0, 0.05) is 67.7 Å². The van der Waals surface area contributed by atoms with E-state index in [2.05, 4.69) is 168 Å². The van der Waals surface area contributed by atoms with Crippen molar-refractivity contribution in [2.24, 2.45) is 0 Å². The van der Waals surface area contributed by atoms with E-state index in [0.717, 1.165) is 45.5 Å². The monoisotopic (exact) mass is 824 g/mol. The second-order valence-corrected chi connectivity index (χ2v) is 16.2. The number of aromatic nitrogens is 2. The molecule has 306 valence electrons. The van der Waals surface area contributed by atoms with Gasteiger partial charge in [0.15, 0.2) is 0 Å². The number of hydrogen-bond donors (Lipinski definition) is 0. The van der Waals surface area contributed by atoms with Crippen LogP contribution in [-0.2, 0) is 0 Å². The maximum Gasteiger partial charge on any atom is 0.0991 e. The standard InChI is InChI=1S/C58H44N6/c1-39-41(3)61(49-25-29-53(30-26-49)63(47-11-7-5-8-12-47)51-21-15-43(37-59)16-22-51)57-33-19-45(35-55(39)57)46-20-34-58-56(36-46)40(2)42(4)62(58)50-27-31-54(32-28-50)64(48-13-9-6-10-14-48)52-23-17-44(38-60)18-24-52/h5-36H,1-4H3. The fourth-order valence-corrected chi connectivity index (χ4v) is 9.09. The normalized spacial score (nSPS) is 11.1. The lowest BCUT2D eigenvalue weighted by molar-refractivity contribution is 1.04. The summed E-state index contributed by atoms with van der Waals surface area (Å²) in [4.78, 5) is 4.43. The predicted octanol–water partition coefficient (Wildman–Crippen LogP) is 15.2. The van der Waals surface area contributed by atoms with Gasteiger partial charge >= 0.3 is 0 Å². The van der Waals surface area contributed by atoms with Gasteiger partial charge in [-0.15, -0.1) is 0 Å². The van der Waals surface area contributed by atoms with Gasteiger partial charge < -0.3 is 18.9 Å². The van der Waals surface area contributed by atoms with Crippen LogP contribution in [0.5, 0.6) is 0 Å². The summed E-state index contributed by atoms with van der Waals surface area (Å²) in [5, 5.41) is 21.3. The van der Waals surface area contributed by atoms with Crippen LogP contribution in [0.2, 0.25) is 0 Å². The van der Waals surface area contributed by atoms with Crippen LogP contribution < -0.4 is 9.80 Å². The summed E-state index contributed by atoms with van der Waals surface area (Å²) in [5.74, 6) is 0. The summed E-state index contributed by atoms with van der Waals surface area (Å²) in [6, 6.07) is 71.8. The first-order valence-electron chi connectivity index (χ1n) is 21.5. The molecule has 0 saturated heterocycles. The van der Waals surface area contributed by atoms with E-state index in [0.29, 0.717) is 11.1 Å². The summed E-state index contributed by atoms with van der Waals surface area (Å²) in [5.41, 5.74) is 19.3. The van der Waals surface area contributed by atoms with Crippen molar-refractivity contribution >= 4 is 55.9 Å². The van der Waals surface area contributed by atoms with E-state index >= 15 is 0 Å².